The first-order valence-electron chi connectivity index (χ1n) is 12.4. The fraction of sp³-hybridized carbons (Fsp3) is 0.542. The van der Waals surface area contributed by atoms with E-state index < -0.39 is 90.9 Å². The SMILES string of the molecule is Cc1nonc1C(=O)N[C@H](c1nc2c(F)c([C@@H](CC(F)F)C(=O)NC(F)C(F)F)ccc2[nH]1)C1CCC(F)(F)CC1. The summed E-state index contributed by atoms with van der Waals surface area (Å²) in [7, 11) is 0. The molecule has 4 rings (SSSR count). The van der Waals surface area contributed by atoms with E-state index in [0.29, 0.717) is 0 Å². The van der Waals surface area contributed by atoms with E-state index >= 15 is 4.39 Å². The molecule has 1 unspecified atom stereocenters. The highest BCUT2D eigenvalue weighted by molar-refractivity contribution is 5.93. The molecule has 3 aromatic rings. The number of carbonyl (C=O) groups excluding carboxylic acids is 2. The number of benzene rings is 1. The molecule has 0 radical (unpaired) electrons. The van der Waals surface area contributed by atoms with Crippen molar-refractivity contribution in [3.63, 3.8) is 0 Å². The van der Waals surface area contributed by atoms with Crippen LogP contribution in [0.15, 0.2) is 16.8 Å². The van der Waals surface area contributed by atoms with Gasteiger partial charge >= 0.3 is 0 Å². The first-order valence-corrected chi connectivity index (χ1v) is 12.4. The number of aromatic nitrogens is 4. The Morgan fingerprint density at radius 2 is 1.78 bits per heavy atom. The Morgan fingerprint density at radius 3 is 2.37 bits per heavy atom. The minimum Gasteiger partial charge on any atom is -0.340 e. The van der Waals surface area contributed by atoms with Crippen molar-refractivity contribution >= 4 is 22.8 Å². The van der Waals surface area contributed by atoms with Crippen molar-refractivity contribution in [3.05, 3.63) is 40.7 Å². The second-order valence-corrected chi connectivity index (χ2v) is 9.75. The smallest absolute Gasteiger partial charge is 0.287 e. The monoisotopic (exact) mass is 596 g/mol. The molecule has 2 aromatic heterocycles. The maximum absolute atomic E-state index is 15.6. The van der Waals surface area contributed by atoms with E-state index in [0.717, 1.165) is 6.07 Å². The summed E-state index contributed by atoms with van der Waals surface area (Å²) < 4.78 is 113. The summed E-state index contributed by atoms with van der Waals surface area (Å²) >= 11 is 0. The lowest BCUT2D eigenvalue weighted by Crippen LogP contribution is -2.40. The van der Waals surface area contributed by atoms with Crippen LogP contribution in [0.25, 0.3) is 11.0 Å². The van der Waals surface area contributed by atoms with E-state index in [-0.39, 0.29) is 35.6 Å². The van der Waals surface area contributed by atoms with E-state index in [2.05, 4.69) is 30.2 Å². The van der Waals surface area contributed by atoms with Crippen LogP contribution in [0, 0.1) is 18.7 Å². The Kier molecular flexibility index (Phi) is 8.82. The van der Waals surface area contributed by atoms with Crippen LogP contribution < -0.4 is 10.6 Å². The van der Waals surface area contributed by atoms with Crippen LogP contribution in [-0.2, 0) is 4.79 Å². The van der Waals surface area contributed by atoms with E-state index in [1.165, 1.54) is 18.3 Å². The van der Waals surface area contributed by atoms with Crippen LogP contribution in [-0.4, -0.2) is 57.2 Å². The predicted octanol–water partition coefficient (Wildman–Crippen LogP) is 5.11. The molecule has 3 N–H and O–H groups in total. The third-order valence-electron chi connectivity index (χ3n) is 6.93. The van der Waals surface area contributed by atoms with Crippen molar-refractivity contribution in [1.82, 2.24) is 30.9 Å². The second kappa shape index (κ2) is 12.0. The van der Waals surface area contributed by atoms with Gasteiger partial charge in [0.05, 0.1) is 17.5 Å². The van der Waals surface area contributed by atoms with Crippen LogP contribution in [0.5, 0.6) is 0 Å². The number of hydrogen-bond donors (Lipinski definition) is 3. The lowest BCUT2D eigenvalue weighted by atomic mass is 9.81. The number of carbonyl (C=O) groups is 2. The minimum atomic E-state index is -3.64. The van der Waals surface area contributed by atoms with Crippen molar-refractivity contribution < 1.29 is 49.3 Å². The number of imidazole rings is 1. The van der Waals surface area contributed by atoms with Gasteiger partial charge in [-0.3, -0.25) is 9.59 Å². The minimum absolute atomic E-state index is 0.00641. The number of aryl methyl sites for hydroxylation is 1. The number of rotatable bonds is 10. The lowest BCUT2D eigenvalue weighted by molar-refractivity contribution is -0.127. The molecule has 1 aromatic carbocycles. The van der Waals surface area contributed by atoms with Gasteiger partial charge in [0.25, 0.3) is 12.3 Å². The molecule has 2 amide bonds. The van der Waals surface area contributed by atoms with Gasteiger partial charge in [-0.25, -0.2) is 44.7 Å². The predicted molar refractivity (Wildman–Crippen MR) is 125 cm³/mol. The number of fused-ring (bicyclic) bond motifs is 1. The molecule has 41 heavy (non-hydrogen) atoms. The molecular formula is C24H24F8N6O3. The van der Waals surface area contributed by atoms with Crippen molar-refractivity contribution in [2.45, 2.75) is 76.1 Å². The topological polar surface area (TPSA) is 126 Å². The number of alkyl halides is 7. The summed E-state index contributed by atoms with van der Waals surface area (Å²) in [6.45, 7) is 1.44. The first kappa shape index (κ1) is 30.2. The molecule has 224 valence electrons. The molecule has 0 spiro atoms. The highest BCUT2D eigenvalue weighted by atomic mass is 19.3. The van der Waals surface area contributed by atoms with Gasteiger partial charge in [-0.15, -0.1) is 0 Å². The Balaban J connectivity index is 1.70. The quantitative estimate of drug-likeness (QED) is 0.221. The Bertz CT molecular complexity index is 1390. The second-order valence-electron chi connectivity index (χ2n) is 9.75. The molecule has 1 fully saturated rings. The number of nitrogens with zero attached hydrogens (tertiary/aromatic N) is 3. The van der Waals surface area contributed by atoms with Gasteiger partial charge in [0, 0.05) is 24.8 Å². The highest BCUT2D eigenvalue weighted by Gasteiger charge is 2.40. The summed E-state index contributed by atoms with van der Waals surface area (Å²) in [6.07, 6.45) is -12.3. The van der Waals surface area contributed by atoms with Crippen LogP contribution in [0.3, 0.4) is 0 Å². The third-order valence-corrected chi connectivity index (χ3v) is 6.93. The molecule has 17 heteroatoms. The van der Waals surface area contributed by atoms with Gasteiger partial charge in [0.1, 0.15) is 17.0 Å². The molecule has 3 atom stereocenters. The van der Waals surface area contributed by atoms with E-state index in [1.54, 1.807) is 0 Å². The first-order chi connectivity index (χ1) is 19.3. The fourth-order valence-corrected chi connectivity index (χ4v) is 4.80. The van der Waals surface area contributed by atoms with E-state index in [4.69, 9.17) is 0 Å². The number of halogens is 8. The molecule has 1 saturated carbocycles. The number of H-pyrrole nitrogens is 1. The van der Waals surface area contributed by atoms with Crippen molar-refractivity contribution in [3.8, 4) is 0 Å². The molecule has 1 aliphatic carbocycles. The number of amides is 2. The lowest BCUT2D eigenvalue weighted by Gasteiger charge is -2.33. The zero-order chi connectivity index (χ0) is 30.1. The maximum Gasteiger partial charge on any atom is 0.287 e. The number of nitrogens with one attached hydrogen (secondary N) is 3. The number of hydrogen-bond acceptors (Lipinski definition) is 6. The number of aromatic amines is 1. The average molecular weight is 596 g/mol. The van der Waals surface area contributed by atoms with E-state index in [1.807, 2.05) is 0 Å². The van der Waals surface area contributed by atoms with Crippen LogP contribution in [0.1, 0.15) is 71.6 Å². The van der Waals surface area contributed by atoms with E-state index in [9.17, 15) is 40.3 Å². The molecule has 2 heterocycles. The summed E-state index contributed by atoms with van der Waals surface area (Å²) in [5, 5.41) is 10.9. The van der Waals surface area contributed by atoms with Gasteiger partial charge < -0.3 is 15.6 Å². The maximum atomic E-state index is 15.6. The normalized spacial score (nSPS) is 18.0. The standard InChI is InChI=1S/C24H24F8N6O3/c1-9-16(38-41-37-9)23(40)35-17(10-4-6-24(31,32)7-5-10)21-33-13-3-2-11(15(27)18(13)34-21)12(8-14(25)26)22(39)36-20(30)19(28)29/h2-3,10,12,14,17,19-20H,4-8H2,1H3,(H,33,34)(H,35,40)(H,36,39)/t12-,17+,20?/m1/s1. The molecular weight excluding hydrogens is 572 g/mol. The van der Waals surface area contributed by atoms with Gasteiger partial charge in [-0.1, -0.05) is 11.2 Å². The zero-order valence-corrected chi connectivity index (χ0v) is 21.2. The van der Waals surface area contributed by atoms with Crippen LogP contribution in [0.4, 0.5) is 35.1 Å². The summed E-state index contributed by atoms with van der Waals surface area (Å²) in [5.74, 6) is -9.24. The Hall–Kier alpha value is -3.79. The molecule has 0 saturated heterocycles. The molecule has 1 aliphatic rings. The van der Waals surface area contributed by atoms with Crippen molar-refractivity contribution in [2.75, 3.05) is 0 Å². The molecule has 0 bridgehead atoms. The summed E-state index contributed by atoms with van der Waals surface area (Å²) in [5.41, 5.74) is -1.17. The third kappa shape index (κ3) is 6.75. The van der Waals surface area contributed by atoms with Gasteiger partial charge in [-0.05, 0) is 36.9 Å². The van der Waals surface area contributed by atoms with Gasteiger partial charge in [-0.2, -0.15) is 0 Å². The Morgan fingerprint density at radius 1 is 1.10 bits per heavy atom. The van der Waals surface area contributed by atoms with Crippen LogP contribution in [0.2, 0.25) is 0 Å². The summed E-state index contributed by atoms with van der Waals surface area (Å²) in [4.78, 5) is 32.2. The van der Waals surface area contributed by atoms with Crippen molar-refractivity contribution in [1.29, 1.82) is 0 Å². The molecule has 0 aliphatic heterocycles. The van der Waals surface area contributed by atoms with Gasteiger partial charge in [0.15, 0.2) is 11.5 Å². The van der Waals surface area contributed by atoms with Crippen LogP contribution >= 0.6 is 0 Å². The van der Waals surface area contributed by atoms with Gasteiger partial charge in [0.2, 0.25) is 24.6 Å². The summed E-state index contributed by atoms with van der Waals surface area (Å²) in [6, 6.07) is 1.06. The highest BCUT2D eigenvalue weighted by Crippen LogP contribution is 2.41. The fourth-order valence-electron chi connectivity index (χ4n) is 4.80. The average Bonchev–Trinajstić information content (AvgIpc) is 3.53. The Labute approximate surface area is 226 Å². The zero-order valence-electron chi connectivity index (χ0n) is 21.2. The molecule has 9 nitrogen and oxygen atoms in total. The largest absolute Gasteiger partial charge is 0.340 e. The van der Waals surface area contributed by atoms with Crippen molar-refractivity contribution in [2.24, 2.45) is 5.92 Å².